The summed E-state index contributed by atoms with van der Waals surface area (Å²) >= 11 is 3.37. The lowest BCUT2D eigenvalue weighted by Gasteiger charge is -2.10. The minimum Gasteiger partial charge on any atom is -0.496 e. The minimum absolute atomic E-state index is 0.118. The van der Waals surface area contributed by atoms with Crippen LogP contribution in [0.25, 0.3) is 0 Å². The maximum absolute atomic E-state index is 10.7. The molecule has 2 rings (SSSR count). The van der Waals surface area contributed by atoms with E-state index in [0.29, 0.717) is 11.4 Å². The van der Waals surface area contributed by atoms with Crippen LogP contribution < -0.4 is 10.1 Å². The fraction of sp³-hybridized carbons (Fsp3) is 0.0714. The maximum atomic E-state index is 10.7. The van der Waals surface area contributed by atoms with Gasteiger partial charge in [0.1, 0.15) is 11.8 Å². The highest BCUT2D eigenvalue weighted by atomic mass is 79.9. The topological polar surface area (TPSA) is 88.2 Å². The number of halogens is 1. The zero-order valence-electron chi connectivity index (χ0n) is 11.0. The molecule has 0 spiro atoms. The zero-order chi connectivity index (χ0) is 15.4. The van der Waals surface area contributed by atoms with E-state index in [-0.39, 0.29) is 11.3 Å². The highest BCUT2D eigenvalue weighted by Gasteiger charge is 2.11. The van der Waals surface area contributed by atoms with Crippen LogP contribution in [0.4, 0.5) is 17.1 Å². The Hall–Kier alpha value is -2.59. The number of nitriles is 1. The summed E-state index contributed by atoms with van der Waals surface area (Å²) in [6.07, 6.45) is 0. The smallest absolute Gasteiger partial charge is 0.270 e. The summed E-state index contributed by atoms with van der Waals surface area (Å²) in [5, 5.41) is 22.9. The normalized spacial score (nSPS) is 9.76. The minimum atomic E-state index is -0.533. The van der Waals surface area contributed by atoms with E-state index < -0.39 is 4.92 Å². The molecule has 0 radical (unpaired) electrons. The standard InChI is InChI=1S/C14H10BrN3O3/c1-21-14-5-2-10(7-12(14)15)17-13-4-3-11(18(19)20)6-9(13)8-16/h2-7,17H,1H3. The van der Waals surface area contributed by atoms with Crippen LogP contribution in [0.2, 0.25) is 0 Å². The highest BCUT2D eigenvalue weighted by Crippen LogP contribution is 2.30. The van der Waals surface area contributed by atoms with Crippen molar-refractivity contribution in [2.75, 3.05) is 12.4 Å². The van der Waals surface area contributed by atoms with Crippen LogP contribution in [0.3, 0.4) is 0 Å². The summed E-state index contributed by atoms with van der Waals surface area (Å²) in [5.41, 5.74) is 1.32. The van der Waals surface area contributed by atoms with Gasteiger partial charge in [0.15, 0.2) is 0 Å². The Morgan fingerprint density at radius 1 is 1.33 bits per heavy atom. The van der Waals surface area contributed by atoms with Crippen LogP contribution in [0, 0.1) is 21.4 Å². The van der Waals surface area contributed by atoms with Gasteiger partial charge < -0.3 is 10.1 Å². The Morgan fingerprint density at radius 3 is 2.67 bits per heavy atom. The van der Waals surface area contributed by atoms with Gasteiger partial charge in [-0.05, 0) is 40.2 Å². The summed E-state index contributed by atoms with van der Waals surface area (Å²) < 4.78 is 5.89. The molecule has 0 atom stereocenters. The number of hydrogen-bond acceptors (Lipinski definition) is 5. The molecule has 0 amide bonds. The second kappa shape index (κ2) is 6.24. The van der Waals surface area contributed by atoms with E-state index in [1.54, 1.807) is 25.3 Å². The molecule has 0 aliphatic heterocycles. The largest absolute Gasteiger partial charge is 0.496 e. The third-order valence-corrected chi connectivity index (χ3v) is 3.38. The number of nitro benzene ring substituents is 1. The lowest BCUT2D eigenvalue weighted by atomic mass is 10.1. The summed E-state index contributed by atoms with van der Waals surface area (Å²) in [5.74, 6) is 0.685. The first-order chi connectivity index (χ1) is 10.0. The van der Waals surface area contributed by atoms with Crippen LogP contribution in [0.5, 0.6) is 5.75 Å². The van der Waals surface area contributed by atoms with E-state index >= 15 is 0 Å². The zero-order valence-corrected chi connectivity index (χ0v) is 12.5. The summed E-state index contributed by atoms with van der Waals surface area (Å²) in [4.78, 5) is 10.2. The Bertz CT molecular complexity index is 741. The second-order valence-electron chi connectivity index (χ2n) is 4.07. The van der Waals surface area contributed by atoms with Gasteiger partial charge in [0.2, 0.25) is 0 Å². The lowest BCUT2D eigenvalue weighted by Crippen LogP contribution is -1.96. The van der Waals surface area contributed by atoms with Gasteiger partial charge in [0.05, 0.1) is 27.8 Å². The molecule has 2 aromatic carbocycles. The van der Waals surface area contributed by atoms with Gasteiger partial charge in [-0.2, -0.15) is 5.26 Å². The second-order valence-corrected chi connectivity index (χ2v) is 4.93. The molecule has 6 nitrogen and oxygen atoms in total. The molecule has 0 aliphatic rings. The molecule has 0 bridgehead atoms. The van der Waals surface area contributed by atoms with Crippen LogP contribution >= 0.6 is 15.9 Å². The average molecular weight is 348 g/mol. The van der Waals surface area contributed by atoms with Crippen molar-refractivity contribution in [1.82, 2.24) is 0 Å². The number of benzene rings is 2. The lowest BCUT2D eigenvalue weighted by molar-refractivity contribution is -0.384. The number of anilines is 2. The number of rotatable bonds is 4. The van der Waals surface area contributed by atoms with Crippen molar-refractivity contribution in [2.45, 2.75) is 0 Å². The first kappa shape index (κ1) is 14.8. The average Bonchev–Trinajstić information content (AvgIpc) is 2.47. The maximum Gasteiger partial charge on any atom is 0.270 e. The molecule has 1 N–H and O–H groups in total. The summed E-state index contributed by atoms with van der Waals surface area (Å²) in [7, 11) is 1.57. The molecular formula is C14H10BrN3O3. The van der Waals surface area contributed by atoms with Crippen molar-refractivity contribution in [2.24, 2.45) is 0 Å². The van der Waals surface area contributed by atoms with Crippen molar-refractivity contribution in [3.05, 3.63) is 56.5 Å². The monoisotopic (exact) mass is 347 g/mol. The Kier molecular flexibility index (Phi) is 4.40. The summed E-state index contributed by atoms with van der Waals surface area (Å²) in [6, 6.07) is 11.4. The van der Waals surface area contributed by atoms with E-state index in [4.69, 9.17) is 10.00 Å². The van der Waals surface area contributed by atoms with Gasteiger partial charge in [0.25, 0.3) is 5.69 Å². The quantitative estimate of drug-likeness (QED) is 0.667. The van der Waals surface area contributed by atoms with Gasteiger partial charge in [-0.15, -0.1) is 0 Å². The number of ether oxygens (including phenoxy) is 1. The van der Waals surface area contributed by atoms with E-state index in [0.717, 1.165) is 10.2 Å². The molecule has 0 aliphatic carbocycles. The van der Waals surface area contributed by atoms with Crippen molar-refractivity contribution >= 4 is 33.0 Å². The first-order valence-electron chi connectivity index (χ1n) is 5.84. The van der Waals surface area contributed by atoms with Crippen LogP contribution in [-0.4, -0.2) is 12.0 Å². The number of nitro groups is 1. The predicted molar refractivity (Wildman–Crippen MR) is 81.8 cm³/mol. The highest BCUT2D eigenvalue weighted by molar-refractivity contribution is 9.10. The molecular weight excluding hydrogens is 338 g/mol. The molecule has 0 saturated heterocycles. The molecule has 21 heavy (non-hydrogen) atoms. The molecule has 0 fully saturated rings. The van der Waals surface area contributed by atoms with Crippen molar-refractivity contribution in [3.8, 4) is 11.8 Å². The molecule has 0 unspecified atom stereocenters. The third-order valence-electron chi connectivity index (χ3n) is 2.77. The van der Waals surface area contributed by atoms with Crippen LogP contribution in [-0.2, 0) is 0 Å². The molecule has 106 valence electrons. The number of methoxy groups -OCH3 is 1. The molecule has 2 aromatic rings. The van der Waals surface area contributed by atoms with Gasteiger partial charge >= 0.3 is 0 Å². The predicted octanol–water partition coefficient (Wildman–Crippen LogP) is 3.98. The number of nitrogens with one attached hydrogen (secondary N) is 1. The van der Waals surface area contributed by atoms with E-state index in [1.165, 1.54) is 18.2 Å². The van der Waals surface area contributed by atoms with Crippen molar-refractivity contribution in [3.63, 3.8) is 0 Å². The Labute approximate surface area is 129 Å². The van der Waals surface area contributed by atoms with Crippen molar-refractivity contribution in [1.29, 1.82) is 5.26 Å². The number of hydrogen-bond donors (Lipinski definition) is 1. The third kappa shape index (κ3) is 3.30. The Morgan fingerprint density at radius 2 is 2.10 bits per heavy atom. The van der Waals surface area contributed by atoms with Crippen molar-refractivity contribution < 1.29 is 9.66 Å². The number of non-ortho nitro benzene ring substituents is 1. The molecule has 0 heterocycles. The fourth-order valence-corrected chi connectivity index (χ4v) is 2.29. The molecule has 0 saturated carbocycles. The Balaban J connectivity index is 2.33. The van der Waals surface area contributed by atoms with Gasteiger partial charge in [-0.3, -0.25) is 10.1 Å². The molecule has 7 heteroatoms. The molecule has 0 aromatic heterocycles. The van der Waals surface area contributed by atoms with Gasteiger partial charge in [0, 0.05) is 17.8 Å². The number of nitrogens with zero attached hydrogens (tertiary/aromatic N) is 2. The van der Waals surface area contributed by atoms with E-state index in [2.05, 4.69) is 21.2 Å². The SMILES string of the molecule is COc1ccc(Nc2ccc([N+](=O)[O-])cc2C#N)cc1Br. The fourth-order valence-electron chi connectivity index (χ4n) is 1.75. The van der Waals surface area contributed by atoms with E-state index in [9.17, 15) is 10.1 Å². The van der Waals surface area contributed by atoms with Gasteiger partial charge in [-0.1, -0.05) is 0 Å². The first-order valence-corrected chi connectivity index (χ1v) is 6.63. The van der Waals surface area contributed by atoms with Crippen LogP contribution in [0.15, 0.2) is 40.9 Å². The summed E-state index contributed by atoms with van der Waals surface area (Å²) in [6.45, 7) is 0. The van der Waals surface area contributed by atoms with Gasteiger partial charge in [-0.25, -0.2) is 0 Å². The van der Waals surface area contributed by atoms with Crippen LogP contribution in [0.1, 0.15) is 5.56 Å². The van der Waals surface area contributed by atoms with E-state index in [1.807, 2.05) is 6.07 Å².